The third-order valence-corrected chi connectivity index (χ3v) is 6.87. The summed E-state index contributed by atoms with van der Waals surface area (Å²) in [5.74, 6) is 0. The highest BCUT2D eigenvalue weighted by Gasteiger charge is 2.42. The van der Waals surface area contributed by atoms with Crippen LogP contribution in [0.15, 0.2) is 30.3 Å². The lowest BCUT2D eigenvalue weighted by Crippen LogP contribution is -2.33. The molecule has 4 heteroatoms. The zero-order chi connectivity index (χ0) is 13.2. The second-order valence-corrected chi connectivity index (χ2v) is 7.58. The van der Waals surface area contributed by atoms with E-state index in [9.17, 15) is 4.57 Å². The lowest BCUT2D eigenvalue weighted by molar-refractivity contribution is 0.138. The van der Waals surface area contributed by atoms with Crippen LogP contribution in [-0.4, -0.2) is 23.9 Å². The highest BCUT2D eigenvalue weighted by atomic mass is 31.2. The van der Waals surface area contributed by atoms with Crippen LogP contribution in [0.25, 0.3) is 0 Å². The molecule has 1 aromatic carbocycles. The van der Waals surface area contributed by atoms with E-state index >= 15 is 0 Å². The van der Waals surface area contributed by atoms with Crippen LogP contribution in [0.4, 0.5) is 0 Å². The maximum atomic E-state index is 13.2. The van der Waals surface area contributed by atoms with Gasteiger partial charge >= 0.3 is 0 Å². The first-order valence-electron chi connectivity index (χ1n) is 6.66. The van der Waals surface area contributed by atoms with Gasteiger partial charge in [-0.3, -0.25) is 4.57 Å². The van der Waals surface area contributed by atoms with Crippen molar-refractivity contribution in [3.63, 3.8) is 0 Å². The average molecular weight is 267 g/mol. The van der Waals surface area contributed by atoms with E-state index in [4.69, 9.17) is 4.52 Å². The Morgan fingerprint density at radius 3 is 2.72 bits per heavy atom. The summed E-state index contributed by atoms with van der Waals surface area (Å²) in [5, 5.41) is 0. The van der Waals surface area contributed by atoms with Gasteiger partial charge in [0.2, 0.25) is 0 Å². The Kier molecular flexibility index (Phi) is 4.26. The van der Waals surface area contributed by atoms with Gasteiger partial charge in [-0.25, -0.2) is 4.67 Å². The maximum Gasteiger partial charge on any atom is 0.279 e. The van der Waals surface area contributed by atoms with Crippen LogP contribution in [0.2, 0.25) is 0 Å². The molecule has 100 valence electrons. The van der Waals surface area contributed by atoms with Gasteiger partial charge in [0.05, 0.1) is 11.8 Å². The summed E-state index contributed by atoms with van der Waals surface area (Å²) in [7, 11) is -2.76. The second kappa shape index (κ2) is 5.56. The Labute approximate surface area is 110 Å². The molecule has 0 saturated carbocycles. The van der Waals surface area contributed by atoms with Gasteiger partial charge in [-0.15, -0.1) is 0 Å². The summed E-state index contributed by atoms with van der Waals surface area (Å²) < 4.78 is 21.1. The van der Waals surface area contributed by atoms with Gasteiger partial charge < -0.3 is 4.52 Å². The summed E-state index contributed by atoms with van der Waals surface area (Å²) in [4.78, 5) is 0. The summed E-state index contributed by atoms with van der Waals surface area (Å²) in [5.41, 5.74) is 1.02. The number of rotatable bonds is 3. The van der Waals surface area contributed by atoms with Crippen molar-refractivity contribution in [3.05, 3.63) is 35.9 Å². The van der Waals surface area contributed by atoms with Crippen molar-refractivity contribution in [1.29, 1.82) is 0 Å². The van der Waals surface area contributed by atoms with Crippen molar-refractivity contribution < 1.29 is 9.09 Å². The number of nitrogens with zero attached hydrogens (tertiary/aromatic N) is 1. The summed E-state index contributed by atoms with van der Waals surface area (Å²) in [6, 6.07) is 10.0. The molecule has 0 spiro atoms. The summed E-state index contributed by atoms with van der Waals surface area (Å²) in [6.07, 6.45) is 1.05. The minimum absolute atomic E-state index is 0.0681. The smallest absolute Gasteiger partial charge is 0.279 e. The van der Waals surface area contributed by atoms with Gasteiger partial charge in [-0.05, 0) is 25.8 Å². The van der Waals surface area contributed by atoms with Crippen molar-refractivity contribution in [2.24, 2.45) is 0 Å². The molecule has 1 saturated heterocycles. The Balaban J connectivity index is 2.30. The molecule has 3 atom stereocenters. The Bertz CT molecular complexity index is 435. The molecule has 0 aromatic heterocycles. The molecule has 0 amide bonds. The van der Waals surface area contributed by atoms with E-state index in [2.05, 4.69) is 0 Å². The van der Waals surface area contributed by atoms with Crippen LogP contribution < -0.4 is 0 Å². The van der Waals surface area contributed by atoms with Crippen LogP contribution in [0.5, 0.6) is 0 Å². The minimum atomic E-state index is -2.76. The van der Waals surface area contributed by atoms with E-state index < -0.39 is 7.52 Å². The van der Waals surface area contributed by atoms with Crippen LogP contribution >= 0.6 is 7.52 Å². The van der Waals surface area contributed by atoms with Gasteiger partial charge in [0.15, 0.2) is 0 Å². The highest BCUT2D eigenvalue weighted by molar-refractivity contribution is 7.56. The highest BCUT2D eigenvalue weighted by Crippen LogP contribution is 2.64. The average Bonchev–Trinajstić information content (AvgIpc) is 2.39. The molecule has 2 rings (SSSR count). The Morgan fingerprint density at radius 1 is 1.44 bits per heavy atom. The third kappa shape index (κ3) is 2.54. The van der Waals surface area contributed by atoms with Crippen LogP contribution in [0, 0.1) is 0 Å². The lowest BCUT2D eigenvalue weighted by Gasteiger charge is -2.40. The SMILES string of the molecule is CCN1CC[C@H](C)O[P@@]1(=O)[C@@H](C)c1ccccc1. The summed E-state index contributed by atoms with van der Waals surface area (Å²) >= 11 is 0. The first-order valence-corrected chi connectivity index (χ1v) is 8.31. The van der Waals surface area contributed by atoms with Gasteiger partial charge in [0.25, 0.3) is 7.52 Å². The molecular formula is C14H22NO2P. The standard InChI is InChI=1S/C14H22NO2P/c1-4-15-11-10-12(2)17-18(15,16)13(3)14-8-6-5-7-9-14/h5-9,12-13H,4,10-11H2,1-3H3/t12-,13-,18-/m0/s1. The zero-order valence-corrected chi connectivity index (χ0v) is 12.3. The zero-order valence-electron chi connectivity index (χ0n) is 11.4. The monoisotopic (exact) mass is 267 g/mol. The van der Waals surface area contributed by atoms with Crippen molar-refractivity contribution in [2.45, 2.75) is 39.0 Å². The van der Waals surface area contributed by atoms with Crippen LogP contribution in [0.3, 0.4) is 0 Å². The van der Waals surface area contributed by atoms with Gasteiger partial charge in [-0.2, -0.15) is 0 Å². The second-order valence-electron chi connectivity index (χ2n) is 4.90. The molecule has 1 heterocycles. The lowest BCUT2D eigenvalue weighted by atomic mass is 10.2. The Hall–Kier alpha value is -0.630. The largest absolute Gasteiger partial charge is 0.314 e. The molecular weight excluding hydrogens is 245 g/mol. The van der Waals surface area contributed by atoms with Crippen LogP contribution in [-0.2, 0) is 9.09 Å². The molecule has 0 unspecified atom stereocenters. The molecule has 0 aliphatic carbocycles. The van der Waals surface area contributed by atoms with Crippen molar-refractivity contribution in [3.8, 4) is 0 Å². The molecule has 18 heavy (non-hydrogen) atoms. The van der Waals surface area contributed by atoms with Gasteiger partial charge in [-0.1, -0.05) is 37.3 Å². The van der Waals surface area contributed by atoms with E-state index in [1.54, 1.807) is 0 Å². The predicted octanol–water partition coefficient (Wildman–Crippen LogP) is 4.07. The van der Waals surface area contributed by atoms with E-state index in [1.165, 1.54) is 0 Å². The number of benzene rings is 1. The molecule has 0 N–H and O–H groups in total. The quantitative estimate of drug-likeness (QED) is 0.773. The first kappa shape index (κ1) is 13.8. The van der Waals surface area contributed by atoms with Crippen molar-refractivity contribution >= 4 is 7.52 Å². The van der Waals surface area contributed by atoms with E-state index in [1.807, 2.05) is 55.8 Å². The van der Waals surface area contributed by atoms with Crippen LogP contribution in [0.1, 0.15) is 38.4 Å². The molecule has 1 fully saturated rings. The molecule has 1 aliphatic heterocycles. The van der Waals surface area contributed by atoms with E-state index in [-0.39, 0.29) is 11.8 Å². The van der Waals surface area contributed by atoms with E-state index in [0.717, 1.165) is 25.1 Å². The Morgan fingerprint density at radius 2 is 2.11 bits per heavy atom. The maximum absolute atomic E-state index is 13.2. The minimum Gasteiger partial charge on any atom is -0.314 e. The summed E-state index contributed by atoms with van der Waals surface area (Å²) in [6.45, 7) is 7.71. The van der Waals surface area contributed by atoms with Crippen molar-refractivity contribution in [1.82, 2.24) is 4.67 Å². The van der Waals surface area contributed by atoms with Gasteiger partial charge in [0.1, 0.15) is 0 Å². The number of hydrogen-bond acceptors (Lipinski definition) is 2. The van der Waals surface area contributed by atoms with Gasteiger partial charge in [0, 0.05) is 13.1 Å². The number of hydrogen-bond donors (Lipinski definition) is 0. The fraction of sp³-hybridized carbons (Fsp3) is 0.571. The van der Waals surface area contributed by atoms with Crippen molar-refractivity contribution in [2.75, 3.05) is 13.1 Å². The molecule has 3 nitrogen and oxygen atoms in total. The topological polar surface area (TPSA) is 29.5 Å². The fourth-order valence-corrected chi connectivity index (χ4v) is 5.22. The van der Waals surface area contributed by atoms with E-state index in [0.29, 0.717) is 0 Å². The molecule has 1 aromatic rings. The predicted molar refractivity (Wildman–Crippen MR) is 74.9 cm³/mol. The third-order valence-electron chi connectivity index (χ3n) is 3.66. The first-order chi connectivity index (χ1) is 8.58. The normalized spacial score (nSPS) is 31.2. The molecule has 0 bridgehead atoms. The fourth-order valence-electron chi connectivity index (χ4n) is 2.46. The molecule has 1 aliphatic rings. The molecule has 0 radical (unpaired) electrons.